The van der Waals surface area contributed by atoms with Crippen LogP contribution in [0.4, 0.5) is 4.79 Å². The first kappa shape index (κ1) is 46.1. The van der Waals surface area contributed by atoms with Crippen molar-refractivity contribution < 1.29 is 38.5 Å². The molecule has 0 unspecified atom stereocenters. The van der Waals surface area contributed by atoms with E-state index in [1.54, 1.807) is 32.4 Å². The summed E-state index contributed by atoms with van der Waals surface area (Å²) in [6.45, 7) is 12.8. The number of cyclic esters (lactones) is 1. The molecule has 0 spiro atoms. The highest BCUT2D eigenvalue weighted by molar-refractivity contribution is 7.10. The Balaban J connectivity index is 1.27. The summed E-state index contributed by atoms with van der Waals surface area (Å²) in [4.78, 5) is 69.4. The second-order valence-electron chi connectivity index (χ2n) is 18.5. The fraction of sp³-hybridized carbons (Fsp3) is 0.565. The van der Waals surface area contributed by atoms with Gasteiger partial charge in [-0.15, -0.1) is 11.3 Å². The summed E-state index contributed by atoms with van der Waals surface area (Å²) in [5.74, 6) is -2.09. The Hall–Kier alpha value is -4.94. The zero-order valence-corrected chi connectivity index (χ0v) is 38.9. The third-order valence-electron chi connectivity index (χ3n) is 12.9. The van der Waals surface area contributed by atoms with Crippen molar-refractivity contribution in [2.75, 3.05) is 47.5 Å². The van der Waals surface area contributed by atoms with Crippen molar-refractivity contribution in [3.8, 4) is 22.5 Å². The predicted octanol–water partition coefficient (Wildman–Crippen LogP) is 5.08. The summed E-state index contributed by atoms with van der Waals surface area (Å²) >= 11 is 1.37. The molecule has 5 atom stereocenters. The second kappa shape index (κ2) is 18.3. The number of aryl methyl sites for hydroxylation is 1. The average Bonchev–Trinajstić information content (AvgIpc) is 3.81. The molecule has 16 nitrogen and oxygen atoms in total. The van der Waals surface area contributed by atoms with Crippen LogP contribution in [0.15, 0.2) is 41.9 Å². The summed E-state index contributed by atoms with van der Waals surface area (Å²) in [7, 11) is 6.94. The van der Waals surface area contributed by atoms with Crippen LogP contribution in [0.1, 0.15) is 76.8 Å². The highest BCUT2D eigenvalue weighted by atomic mass is 32.1. The van der Waals surface area contributed by atoms with E-state index in [1.807, 2.05) is 72.2 Å². The Labute approximate surface area is 373 Å². The number of likely N-dealkylation sites (N-methyl/N-ethyl adjacent to an activating group) is 1. The van der Waals surface area contributed by atoms with Gasteiger partial charge in [0.2, 0.25) is 11.6 Å². The van der Waals surface area contributed by atoms with Crippen LogP contribution in [-0.4, -0.2) is 130 Å². The van der Waals surface area contributed by atoms with Gasteiger partial charge in [-0.2, -0.15) is 5.43 Å². The van der Waals surface area contributed by atoms with Gasteiger partial charge in [0.05, 0.1) is 40.9 Å². The van der Waals surface area contributed by atoms with Crippen LogP contribution >= 0.6 is 11.3 Å². The lowest BCUT2D eigenvalue weighted by Gasteiger charge is -2.45. The number of esters is 1. The number of carbonyl (C=O) groups is 4. The summed E-state index contributed by atoms with van der Waals surface area (Å²) in [6, 6.07) is 7.81. The standard InChI is InChI=1S/C46H62N8O8S/c1-26(2)39(52(8)44(58)53-22-30(23-53)27(3)60-9)41(55)49-34-20-37-48-35(24-63-37)29-14-15-36-32(19-29)33(40(51(36)7)31-13-11-17-47-38(31)28(4)61-10)21-45(5,6)25-62-43(57)46(59)16-12-18-54(50-46)42(34)56/h11,13-15,17,19,24,26-28,30,34,39,50,59H,12,16,18,20-23,25H2,1-10H3,(H,49,55)/t27-,28-,34-,39-,46-/m0/s1. The first-order valence-corrected chi connectivity index (χ1v) is 22.6. The molecule has 6 bridgehead atoms. The Morgan fingerprint density at radius 3 is 2.56 bits per heavy atom. The van der Waals surface area contributed by atoms with Gasteiger partial charge >= 0.3 is 12.0 Å². The number of ether oxygens (including phenoxy) is 3. The molecular formula is C46H62N8O8S. The highest BCUT2D eigenvalue weighted by Gasteiger charge is 2.46. The van der Waals surface area contributed by atoms with Crippen molar-refractivity contribution in [1.82, 2.24) is 40.1 Å². The maximum Gasteiger partial charge on any atom is 0.355 e. The Morgan fingerprint density at radius 1 is 1.11 bits per heavy atom. The molecule has 3 aromatic heterocycles. The van der Waals surface area contributed by atoms with Crippen molar-refractivity contribution in [3.05, 3.63) is 58.2 Å². The summed E-state index contributed by atoms with van der Waals surface area (Å²) in [6.07, 6.45) is 2.27. The monoisotopic (exact) mass is 886 g/mol. The molecule has 4 aromatic rings. The molecule has 2 fully saturated rings. The van der Waals surface area contributed by atoms with Crippen molar-refractivity contribution in [2.24, 2.45) is 24.3 Å². The van der Waals surface area contributed by atoms with E-state index in [1.165, 1.54) is 21.2 Å². The normalized spacial score (nSPS) is 22.3. The van der Waals surface area contributed by atoms with Crippen molar-refractivity contribution in [1.29, 1.82) is 0 Å². The molecule has 0 radical (unpaired) electrons. The number of hydrogen-bond donors (Lipinski definition) is 3. The fourth-order valence-electron chi connectivity index (χ4n) is 9.09. The SMILES string of the molecule is CO[C@@H](C)c1ncccc1-c1c2c3cc(ccc3n1C)-c1csc(n1)C[C@H](NC(=O)[C@H](C(C)C)N(C)C(=O)N1CC([C@H](C)OC)C1)C(=O)N1CCC[C@@](O)(N1)C(=O)OCC(C)(C)C2. The van der Waals surface area contributed by atoms with E-state index in [-0.39, 0.29) is 62.5 Å². The van der Waals surface area contributed by atoms with Gasteiger partial charge in [0.1, 0.15) is 12.1 Å². The molecule has 63 heavy (non-hydrogen) atoms. The van der Waals surface area contributed by atoms with Crippen LogP contribution in [-0.2, 0) is 48.5 Å². The smallest absolute Gasteiger partial charge is 0.355 e. The Kier molecular flexibility index (Phi) is 13.4. The average molecular weight is 887 g/mol. The van der Waals surface area contributed by atoms with Gasteiger partial charge in [-0.25, -0.2) is 14.6 Å². The van der Waals surface area contributed by atoms with Crippen LogP contribution < -0.4 is 10.7 Å². The number of aromatic nitrogens is 3. The van der Waals surface area contributed by atoms with Gasteiger partial charge in [0, 0.05) is 106 Å². The summed E-state index contributed by atoms with van der Waals surface area (Å²) in [5, 5.41) is 19.5. The number of benzene rings is 1. The number of thiazole rings is 1. The molecule has 3 aliphatic rings. The van der Waals surface area contributed by atoms with E-state index in [2.05, 4.69) is 27.4 Å². The number of carbonyl (C=O) groups excluding carboxylic acids is 4. The van der Waals surface area contributed by atoms with Crippen LogP contribution in [0.25, 0.3) is 33.4 Å². The van der Waals surface area contributed by atoms with Gasteiger partial charge in [-0.05, 0) is 62.4 Å². The number of amides is 4. The molecule has 1 aromatic carbocycles. The number of hydrogen-bond acceptors (Lipinski definition) is 12. The number of rotatable bonds is 9. The topological polar surface area (TPSA) is 181 Å². The van der Waals surface area contributed by atoms with Crippen LogP contribution in [0.2, 0.25) is 0 Å². The van der Waals surface area contributed by atoms with E-state index >= 15 is 0 Å². The molecule has 0 saturated carbocycles. The molecule has 6 heterocycles. The van der Waals surface area contributed by atoms with E-state index < -0.39 is 41.0 Å². The lowest BCUT2D eigenvalue weighted by atomic mass is 9.84. The molecule has 340 valence electrons. The van der Waals surface area contributed by atoms with Gasteiger partial charge < -0.3 is 39.0 Å². The van der Waals surface area contributed by atoms with Gasteiger partial charge in [0.25, 0.3) is 5.91 Å². The van der Waals surface area contributed by atoms with Crippen LogP contribution in [0, 0.1) is 17.3 Å². The van der Waals surface area contributed by atoms with E-state index in [4.69, 9.17) is 24.2 Å². The predicted molar refractivity (Wildman–Crippen MR) is 239 cm³/mol. The quantitative estimate of drug-likeness (QED) is 0.191. The van der Waals surface area contributed by atoms with Crippen LogP contribution in [0.5, 0.6) is 0 Å². The number of methoxy groups -OCH3 is 2. The number of urea groups is 1. The summed E-state index contributed by atoms with van der Waals surface area (Å²) in [5.41, 5.74) is 6.21. The number of nitrogens with zero attached hydrogens (tertiary/aromatic N) is 6. The van der Waals surface area contributed by atoms with E-state index in [0.717, 1.165) is 39.0 Å². The lowest BCUT2D eigenvalue weighted by Crippen LogP contribution is -2.67. The largest absolute Gasteiger partial charge is 0.462 e. The van der Waals surface area contributed by atoms with Gasteiger partial charge in [0.15, 0.2) is 0 Å². The number of aliphatic hydroxyl groups is 1. The first-order valence-electron chi connectivity index (χ1n) is 21.7. The summed E-state index contributed by atoms with van der Waals surface area (Å²) < 4.78 is 19.3. The Morgan fingerprint density at radius 2 is 1.86 bits per heavy atom. The first-order chi connectivity index (χ1) is 29.9. The number of likely N-dealkylation sites (tertiary alicyclic amines) is 1. The minimum atomic E-state index is -2.21. The molecule has 4 amide bonds. The number of hydrazine groups is 1. The third-order valence-corrected chi connectivity index (χ3v) is 13.8. The third kappa shape index (κ3) is 9.21. The molecule has 17 heteroatoms. The number of fused-ring (bicyclic) bond motifs is 6. The highest BCUT2D eigenvalue weighted by Crippen LogP contribution is 2.41. The van der Waals surface area contributed by atoms with E-state index in [9.17, 15) is 24.3 Å². The van der Waals surface area contributed by atoms with Crippen LogP contribution in [0.3, 0.4) is 0 Å². The second-order valence-corrected chi connectivity index (χ2v) is 19.4. The molecule has 3 N–H and O–H groups in total. The van der Waals surface area contributed by atoms with Crippen molar-refractivity contribution in [3.63, 3.8) is 0 Å². The zero-order valence-electron chi connectivity index (χ0n) is 38.1. The number of pyridine rings is 1. The van der Waals surface area contributed by atoms with Gasteiger partial charge in [-0.3, -0.25) is 19.6 Å². The Bertz CT molecular complexity index is 2360. The molecule has 7 rings (SSSR count). The molecule has 0 aliphatic carbocycles. The minimum Gasteiger partial charge on any atom is -0.462 e. The molecule has 3 aliphatic heterocycles. The maximum absolute atomic E-state index is 14.6. The molecule has 2 saturated heterocycles. The maximum atomic E-state index is 14.6. The van der Waals surface area contributed by atoms with Crippen molar-refractivity contribution >= 4 is 46.1 Å². The van der Waals surface area contributed by atoms with Gasteiger partial charge in [-0.1, -0.05) is 33.8 Å². The minimum absolute atomic E-state index is 0.00344. The van der Waals surface area contributed by atoms with E-state index in [0.29, 0.717) is 30.2 Å². The van der Waals surface area contributed by atoms with Crippen molar-refractivity contribution in [2.45, 2.75) is 97.2 Å². The lowest BCUT2D eigenvalue weighted by molar-refractivity contribution is -0.189. The fourth-order valence-corrected chi connectivity index (χ4v) is 9.94. The number of nitrogens with one attached hydrogen (secondary N) is 2. The molecular weight excluding hydrogens is 825 g/mol. The zero-order chi connectivity index (χ0) is 45.5.